The molecule has 0 fully saturated rings. The second kappa shape index (κ2) is 8.13. The third kappa shape index (κ3) is 8.17. The first-order valence-electron chi connectivity index (χ1n) is 5.53. The van der Waals surface area contributed by atoms with Gasteiger partial charge in [-0.15, -0.1) is 0 Å². The maximum absolute atomic E-state index is 10.8. The lowest BCUT2D eigenvalue weighted by Gasteiger charge is -2.13. The predicted octanol–water partition coefficient (Wildman–Crippen LogP) is 3.93. The third-order valence-electron chi connectivity index (χ3n) is 2.04. The number of halogens is 1. The summed E-state index contributed by atoms with van der Waals surface area (Å²) in [5, 5.41) is 0.429. The predicted molar refractivity (Wildman–Crippen MR) is 65.1 cm³/mol. The molecule has 0 unspecified atom stereocenters. The maximum Gasteiger partial charge on any atom is 0.524 e. The molecule has 16 heavy (non-hydrogen) atoms. The molecule has 4 nitrogen and oxygen atoms in total. The molecule has 0 aromatic carbocycles. The fourth-order valence-electron chi connectivity index (χ4n) is 1.18. The molecule has 6 heteroatoms. The van der Waals surface area contributed by atoms with Crippen molar-refractivity contribution < 1.29 is 18.9 Å². The molecule has 96 valence electrons. The van der Waals surface area contributed by atoms with E-state index in [1.54, 1.807) is 0 Å². The lowest BCUT2D eigenvalue weighted by molar-refractivity contribution is 0.234. The summed E-state index contributed by atoms with van der Waals surface area (Å²) >= 11 is 5.98. The highest BCUT2D eigenvalue weighted by Gasteiger charge is 2.19. The van der Waals surface area contributed by atoms with E-state index in [1.165, 1.54) is 0 Å². The molecule has 0 saturated heterocycles. The van der Waals surface area contributed by atoms with E-state index >= 15 is 0 Å². The highest BCUT2D eigenvalue weighted by atomic mass is 35.5. The van der Waals surface area contributed by atoms with Gasteiger partial charge >= 0.3 is 7.82 Å². The maximum atomic E-state index is 10.8. The number of rotatable bonds is 8. The third-order valence-corrected chi connectivity index (χ3v) is 2.90. The van der Waals surface area contributed by atoms with Gasteiger partial charge in [0.05, 0.1) is 5.03 Å². The van der Waals surface area contributed by atoms with Gasteiger partial charge in [-0.3, -0.25) is 9.79 Å². The van der Waals surface area contributed by atoms with Crippen LogP contribution in [-0.2, 0) is 9.09 Å². The van der Waals surface area contributed by atoms with Crippen molar-refractivity contribution in [3.8, 4) is 0 Å². The van der Waals surface area contributed by atoms with E-state index in [1.807, 2.05) is 13.8 Å². The molecule has 0 saturated carbocycles. The van der Waals surface area contributed by atoms with Gasteiger partial charge in [0.15, 0.2) is 0 Å². The number of phosphoric ester groups is 1. The summed E-state index contributed by atoms with van der Waals surface area (Å²) in [4.78, 5) is 17.5. The van der Waals surface area contributed by atoms with Crippen LogP contribution in [0.25, 0.3) is 0 Å². The largest absolute Gasteiger partial charge is 0.524 e. The minimum Gasteiger partial charge on any atom is -0.408 e. The highest BCUT2D eigenvalue weighted by Crippen LogP contribution is 2.42. The van der Waals surface area contributed by atoms with E-state index < -0.39 is 7.82 Å². The van der Waals surface area contributed by atoms with E-state index in [2.05, 4.69) is 4.52 Å². The normalized spacial score (nSPS) is 13.6. The SMILES string of the molecule is CCCCC(Cl)=C(CCCC)OP(=O)(O)O. The molecule has 0 aliphatic carbocycles. The average Bonchev–Trinajstić information content (AvgIpc) is 2.19. The molecular formula is C10H20ClO4P. The first-order chi connectivity index (χ1) is 7.40. The highest BCUT2D eigenvalue weighted by molar-refractivity contribution is 7.46. The van der Waals surface area contributed by atoms with Crippen molar-refractivity contribution in [1.29, 1.82) is 0 Å². The van der Waals surface area contributed by atoms with Gasteiger partial charge in [0.1, 0.15) is 5.76 Å². The molecule has 0 aromatic rings. The zero-order valence-corrected chi connectivity index (χ0v) is 11.4. The Morgan fingerprint density at radius 2 is 1.69 bits per heavy atom. The molecule has 0 rings (SSSR count). The first kappa shape index (κ1) is 16.0. The Hall–Kier alpha value is -0.0200. The van der Waals surface area contributed by atoms with Crippen LogP contribution < -0.4 is 0 Å². The minimum atomic E-state index is -4.49. The summed E-state index contributed by atoms with van der Waals surface area (Å²) < 4.78 is 15.4. The number of unbranched alkanes of at least 4 members (excludes halogenated alkanes) is 2. The van der Waals surface area contributed by atoms with Gasteiger partial charge in [0.2, 0.25) is 0 Å². The van der Waals surface area contributed by atoms with Gasteiger partial charge in [0, 0.05) is 6.42 Å². The molecule has 0 spiro atoms. The molecule has 0 aliphatic heterocycles. The van der Waals surface area contributed by atoms with E-state index in [4.69, 9.17) is 21.4 Å². The number of hydrogen-bond acceptors (Lipinski definition) is 2. The molecular weight excluding hydrogens is 251 g/mol. The topological polar surface area (TPSA) is 66.8 Å². The second-order valence-corrected chi connectivity index (χ2v) is 5.24. The molecule has 0 amide bonds. The van der Waals surface area contributed by atoms with Gasteiger partial charge in [-0.2, -0.15) is 0 Å². The molecule has 0 radical (unpaired) electrons. The monoisotopic (exact) mass is 270 g/mol. The van der Waals surface area contributed by atoms with Crippen molar-refractivity contribution in [1.82, 2.24) is 0 Å². The van der Waals surface area contributed by atoms with Crippen molar-refractivity contribution in [3.63, 3.8) is 0 Å². The van der Waals surface area contributed by atoms with Crippen molar-refractivity contribution in [2.24, 2.45) is 0 Å². The summed E-state index contributed by atoms with van der Waals surface area (Å²) in [6, 6.07) is 0. The fraction of sp³-hybridized carbons (Fsp3) is 0.800. The summed E-state index contributed by atoms with van der Waals surface area (Å²) in [6.45, 7) is 4.02. The minimum absolute atomic E-state index is 0.241. The number of allylic oxidation sites excluding steroid dienone is 2. The fourth-order valence-corrected chi connectivity index (χ4v) is 1.99. The van der Waals surface area contributed by atoms with Crippen molar-refractivity contribution in [2.75, 3.05) is 0 Å². The van der Waals surface area contributed by atoms with Crippen LogP contribution in [-0.4, -0.2) is 9.79 Å². The molecule has 0 aromatic heterocycles. The molecule has 0 bridgehead atoms. The van der Waals surface area contributed by atoms with Crippen LogP contribution in [0.1, 0.15) is 52.4 Å². The standard InChI is InChI=1S/C10H20ClO4P/c1-3-5-7-9(11)10(8-6-4-2)15-16(12,13)14/h3-8H2,1-2H3,(H2,12,13,14). The Morgan fingerprint density at radius 1 is 1.19 bits per heavy atom. The number of hydrogen-bond donors (Lipinski definition) is 2. The Morgan fingerprint density at radius 3 is 2.12 bits per heavy atom. The Kier molecular flexibility index (Phi) is 8.12. The second-order valence-electron chi connectivity index (χ2n) is 3.62. The van der Waals surface area contributed by atoms with Gasteiger partial charge in [-0.1, -0.05) is 38.3 Å². The Labute approximate surface area is 102 Å². The lowest BCUT2D eigenvalue weighted by atomic mass is 10.2. The van der Waals surface area contributed by atoms with Gasteiger partial charge < -0.3 is 4.52 Å². The summed E-state index contributed by atoms with van der Waals surface area (Å²) in [5.41, 5.74) is 0. The zero-order valence-electron chi connectivity index (χ0n) is 9.78. The Bertz CT molecular complexity index is 272. The Balaban J connectivity index is 4.56. The van der Waals surface area contributed by atoms with E-state index in [0.29, 0.717) is 17.9 Å². The van der Waals surface area contributed by atoms with Crippen LogP contribution in [0.2, 0.25) is 0 Å². The van der Waals surface area contributed by atoms with E-state index in [-0.39, 0.29) is 5.76 Å². The van der Waals surface area contributed by atoms with Crippen molar-refractivity contribution in [2.45, 2.75) is 52.4 Å². The van der Waals surface area contributed by atoms with E-state index in [9.17, 15) is 4.57 Å². The van der Waals surface area contributed by atoms with Crippen LogP contribution in [0.5, 0.6) is 0 Å². The van der Waals surface area contributed by atoms with Gasteiger partial charge in [-0.25, -0.2) is 4.57 Å². The van der Waals surface area contributed by atoms with Crippen LogP contribution in [0.4, 0.5) is 0 Å². The van der Waals surface area contributed by atoms with E-state index in [0.717, 1.165) is 25.7 Å². The smallest absolute Gasteiger partial charge is 0.408 e. The first-order valence-corrected chi connectivity index (χ1v) is 7.44. The summed E-state index contributed by atoms with van der Waals surface area (Å²) in [6.07, 6.45) is 4.68. The average molecular weight is 271 g/mol. The van der Waals surface area contributed by atoms with Crippen molar-refractivity contribution in [3.05, 3.63) is 10.8 Å². The van der Waals surface area contributed by atoms with Crippen LogP contribution in [0.15, 0.2) is 10.8 Å². The molecule has 0 atom stereocenters. The quantitative estimate of drug-likeness (QED) is 0.518. The summed E-state index contributed by atoms with van der Waals surface area (Å²) in [5.74, 6) is 0.241. The molecule has 0 aliphatic rings. The molecule has 0 heterocycles. The van der Waals surface area contributed by atoms with Gasteiger partial charge in [-0.05, 0) is 19.3 Å². The van der Waals surface area contributed by atoms with Crippen LogP contribution >= 0.6 is 19.4 Å². The summed E-state index contributed by atoms with van der Waals surface area (Å²) in [7, 11) is -4.49. The van der Waals surface area contributed by atoms with Crippen LogP contribution in [0, 0.1) is 0 Å². The number of phosphoric acid groups is 1. The lowest BCUT2D eigenvalue weighted by Crippen LogP contribution is -1.94. The van der Waals surface area contributed by atoms with Crippen molar-refractivity contribution >= 4 is 19.4 Å². The zero-order chi connectivity index (χ0) is 12.6. The molecule has 2 N–H and O–H groups in total. The van der Waals surface area contributed by atoms with Crippen LogP contribution in [0.3, 0.4) is 0 Å². The van der Waals surface area contributed by atoms with Gasteiger partial charge in [0.25, 0.3) is 0 Å².